The van der Waals surface area contributed by atoms with Crippen molar-refractivity contribution in [2.24, 2.45) is 0 Å². The van der Waals surface area contributed by atoms with Crippen molar-refractivity contribution in [3.05, 3.63) is 60.0 Å². The first kappa shape index (κ1) is 18.7. The van der Waals surface area contributed by atoms with Crippen molar-refractivity contribution in [3.8, 4) is 23.0 Å². The fourth-order valence-corrected chi connectivity index (χ4v) is 4.24. The van der Waals surface area contributed by atoms with E-state index in [1.165, 1.54) is 0 Å². The first-order chi connectivity index (χ1) is 14.6. The highest BCUT2D eigenvalue weighted by atomic mass is 35.5. The Morgan fingerprint density at radius 3 is 2.80 bits per heavy atom. The second kappa shape index (κ2) is 7.21. The minimum atomic E-state index is 0.0953. The quantitative estimate of drug-likeness (QED) is 0.491. The largest absolute Gasteiger partial charge is 0.342 e. The summed E-state index contributed by atoms with van der Waals surface area (Å²) in [6.45, 7) is 6.48. The number of aromatic nitrogens is 7. The predicted molar refractivity (Wildman–Crippen MR) is 115 cm³/mol. The van der Waals surface area contributed by atoms with E-state index in [0.717, 1.165) is 35.1 Å². The van der Waals surface area contributed by atoms with Gasteiger partial charge in [-0.3, -0.25) is 9.13 Å². The monoisotopic (exact) mass is 420 g/mol. The van der Waals surface area contributed by atoms with E-state index in [1.807, 2.05) is 45.8 Å². The van der Waals surface area contributed by atoms with Crippen molar-refractivity contribution in [1.82, 2.24) is 34.3 Å². The Hall–Kier alpha value is -3.26. The molecule has 5 rings (SSSR count). The van der Waals surface area contributed by atoms with Gasteiger partial charge in [-0.25, -0.2) is 9.97 Å². The van der Waals surface area contributed by atoms with Gasteiger partial charge in [0.05, 0.1) is 12.2 Å². The molecule has 0 radical (unpaired) electrons. The SMILES string of the molecule is CC[C@@H]1c2nncn2-c2cnc(-n3ccnc3-c3cccc(Cl)c3)nc2N1C(C)C. The molecule has 0 aliphatic carbocycles. The molecule has 8 nitrogen and oxygen atoms in total. The van der Waals surface area contributed by atoms with E-state index in [9.17, 15) is 0 Å². The van der Waals surface area contributed by atoms with E-state index >= 15 is 0 Å². The second-order valence-electron chi connectivity index (χ2n) is 7.49. The average molecular weight is 421 g/mol. The van der Waals surface area contributed by atoms with Gasteiger partial charge in [0.25, 0.3) is 0 Å². The fourth-order valence-electron chi connectivity index (χ4n) is 4.05. The highest BCUT2D eigenvalue weighted by molar-refractivity contribution is 6.30. The first-order valence-corrected chi connectivity index (χ1v) is 10.3. The maximum Gasteiger partial charge on any atom is 0.237 e. The Balaban J connectivity index is 1.67. The lowest BCUT2D eigenvalue weighted by atomic mass is 10.1. The molecule has 1 atom stereocenters. The first-order valence-electron chi connectivity index (χ1n) is 9.93. The number of anilines is 1. The smallest absolute Gasteiger partial charge is 0.237 e. The van der Waals surface area contributed by atoms with Crippen molar-refractivity contribution in [3.63, 3.8) is 0 Å². The number of benzene rings is 1. The molecule has 0 saturated heterocycles. The maximum atomic E-state index is 6.19. The molecule has 1 aromatic carbocycles. The van der Waals surface area contributed by atoms with Crippen LogP contribution in [0.15, 0.2) is 49.2 Å². The number of halogens is 1. The summed E-state index contributed by atoms with van der Waals surface area (Å²) in [5, 5.41) is 9.15. The van der Waals surface area contributed by atoms with E-state index in [-0.39, 0.29) is 12.1 Å². The molecule has 3 aromatic heterocycles. The summed E-state index contributed by atoms with van der Waals surface area (Å²) < 4.78 is 3.87. The molecule has 0 bridgehead atoms. The van der Waals surface area contributed by atoms with Crippen LogP contribution in [0, 0.1) is 0 Å². The van der Waals surface area contributed by atoms with Crippen LogP contribution < -0.4 is 4.90 Å². The van der Waals surface area contributed by atoms with Crippen LogP contribution in [0.4, 0.5) is 5.82 Å². The fraction of sp³-hybridized carbons (Fsp3) is 0.286. The topological polar surface area (TPSA) is 77.5 Å². The molecule has 9 heteroatoms. The Morgan fingerprint density at radius 1 is 1.17 bits per heavy atom. The van der Waals surface area contributed by atoms with Gasteiger partial charge in [0.1, 0.15) is 17.8 Å². The zero-order valence-electron chi connectivity index (χ0n) is 16.9. The second-order valence-corrected chi connectivity index (χ2v) is 7.93. The van der Waals surface area contributed by atoms with Crippen LogP contribution in [0.25, 0.3) is 23.0 Å². The Kier molecular flexibility index (Phi) is 4.51. The molecule has 4 aromatic rings. The lowest BCUT2D eigenvalue weighted by Gasteiger charge is -2.39. The minimum Gasteiger partial charge on any atom is -0.342 e. The van der Waals surface area contributed by atoms with Gasteiger partial charge in [0, 0.05) is 29.0 Å². The summed E-state index contributed by atoms with van der Waals surface area (Å²) in [7, 11) is 0. The van der Waals surface area contributed by atoms with Gasteiger partial charge < -0.3 is 4.90 Å². The lowest BCUT2D eigenvalue weighted by Crippen LogP contribution is -2.40. The summed E-state index contributed by atoms with van der Waals surface area (Å²) in [5.74, 6) is 3.07. The highest BCUT2D eigenvalue weighted by Crippen LogP contribution is 2.39. The third-order valence-corrected chi connectivity index (χ3v) is 5.57. The van der Waals surface area contributed by atoms with Crippen molar-refractivity contribution in [2.45, 2.75) is 39.3 Å². The van der Waals surface area contributed by atoms with Gasteiger partial charge in [0.15, 0.2) is 11.6 Å². The minimum absolute atomic E-state index is 0.0953. The Labute approximate surface area is 179 Å². The summed E-state index contributed by atoms with van der Waals surface area (Å²) in [6, 6.07) is 7.94. The van der Waals surface area contributed by atoms with Crippen molar-refractivity contribution in [2.75, 3.05) is 4.90 Å². The number of fused-ring (bicyclic) bond motifs is 3. The molecular formula is C21H21ClN8. The molecule has 1 aliphatic rings. The molecule has 30 heavy (non-hydrogen) atoms. The summed E-state index contributed by atoms with van der Waals surface area (Å²) in [4.78, 5) is 16.4. The highest BCUT2D eigenvalue weighted by Gasteiger charge is 2.35. The molecule has 0 spiro atoms. The zero-order chi connectivity index (χ0) is 20.8. The van der Waals surface area contributed by atoms with Gasteiger partial charge in [-0.2, -0.15) is 4.98 Å². The van der Waals surface area contributed by atoms with E-state index in [0.29, 0.717) is 11.0 Å². The molecular weight excluding hydrogens is 400 g/mol. The van der Waals surface area contributed by atoms with Crippen LogP contribution in [-0.2, 0) is 0 Å². The molecule has 1 aliphatic heterocycles. The van der Waals surface area contributed by atoms with Crippen molar-refractivity contribution >= 4 is 17.4 Å². The maximum absolute atomic E-state index is 6.19. The molecule has 0 unspecified atom stereocenters. The van der Waals surface area contributed by atoms with E-state index in [2.05, 4.69) is 45.8 Å². The van der Waals surface area contributed by atoms with Crippen LogP contribution >= 0.6 is 11.6 Å². The van der Waals surface area contributed by atoms with Gasteiger partial charge in [-0.1, -0.05) is 30.7 Å². The van der Waals surface area contributed by atoms with Gasteiger partial charge >= 0.3 is 0 Å². The van der Waals surface area contributed by atoms with Crippen molar-refractivity contribution in [1.29, 1.82) is 0 Å². The summed E-state index contributed by atoms with van der Waals surface area (Å²) >= 11 is 6.19. The summed E-state index contributed by atoms with van der Waals surface area (Å²) in [6.07, 6.45) is 8.06. The van der Waals surface area contributed by atoms with Crippen LogP contribution in [-0.4, -0.2) is 40.3 Å². The molecule has 0 N–H and O–H groups in total. The number of hydrogen-bond donors (Lipinski definition) is 0. The number of hydrogen-bond acceptors (Lipinski definition) is 6. The van der Waals surface area contributed by atoms with E-state index < -0.39 is 0 Å². The Morgan fingerprint density at radius 2 is 2.03 bits per heavy atom. The van der Waals surface area contributed by atoms with Gasteiger partial charge in [0.2, 0.25) is 5.95 Å². The third-order valence-electron chi connectivity index (χ3n) is 5.33. The van der Waals surface area contributed by atoms with E-state index in [4.69, 9.17) is 16.6 Å². The standard InChI is InChI=1S/C21H21ClN8/c1-4-16-20-27-25-12-29(20)17-11-24-21(26-19(17)30(16)13(2)3)28-9-8-23-18(28)14-6-5-7-15(22)10-14/h5-13,16H,4H2,1-3H3/t16-/m1/s1. The third kappa shape index (κ3) is 2.87. The normalized spacial score (nSPS) is 15.4. The molecule has 0 saturated carbocycles. The van der Waals surface area contributed by atoms with Crippen LogP contribution in [0.5, 0.6) is 0 Å². The van der Waals surface area contributed by atoms with Crippen molar-refractivity contribution < 1.29 is 0 Å². The van der Waals surface area contributed by atoms with Crippen LogP contribution in [0.2, 0.25) is 5.02 Å². The number of nitrogens with zero attached hydrogens (tertiary/aromatic N) is 8. The zero-order valence-corrected chi connectivity index (χ0v) is 17.7. The van der Waals surface area contributed by atoms with Gasteiger partial charge in [-0.15, -0.1) is 10.2 Å². The lowest BCUT2D eigenvalue weighted by molar-refractivity contribution is 0.497. The van der Waals surface area contributed by atoms with E-state index in [1.54, 1.807) is 12.5 Å². The molecule has 0 amide bonds. The number of rotatable bonds is 4. The van der Waals surface area contributed by atoms with Gasteiger partial charge in [-0.05, 0) is 32.4 Å². The summed E-state index contributed by atoms with van der Waals surface area (Å²) in [5.41, 5.74) is 1.78. The van der Waals surface area contributed by atoms with Crippen LogP contribution in [0.1, 0.15) is 39.1 Å². The molecule has 0 fully saturated rings. The predicted octanol–water partition coefficient (Wildman–Crippen LogP) is 4.24. The molecule has 152 valence electrons. The van der Waals surface area contributed by atoms with Crippen LogP contribution in [0.3, 0.4) is 0 Å². The average Bonchev–Trinajstić information content (AvgIpc) is 3.42. The molecule has 4 heterocycles. The number of imidazole rings is 1. The Bertz CT molecular complexity index is 1210.